The molecule has 1 saturated heterocycles. The van der Waals surface area contributed by atoms with Gasteiger partial charge in [0.05, 0.1) is 4.90 Å². The Balaban J connectivity index is 2.21. The van der Waals surface area contributed by atoms with Crippen molar-refractivity contribution in [2.45, 2.75) is 18.7 Å². The number of piperazine rings is 1. The van der Waals surface area contributed by atoms with E-state index in [9.17, 15) is 18.0 Å². The molecule has 0 N–H and O–H groups in total. The molecule has 0 aromatic heterocycles. The second kappa shape index (κ2) is 7.76. The average molecular weight is 353 g/mol. The molecule has 1 heterocycles. The minimum Gasteiger partial charge on any atom is -0.342 e. The Kier molecular flexibility index (Phi) is 5.95. The largest absolute Gasteiger partial charge is 0.342 e. The summed E-state index contributed by atoms with van der Waals surface area (Å²) < 4.78 is 26.5. The molecule has 8 heteroatoms. The molecule has 0 spiro atoms. The molecule has 0 bridgehead atoms. The maximum absolute atomic E-state index is 12.6. The minimum absolute atomic E-state index is 0.128. The first-order chi connectivity index (χ1) is 11.4. The summed E-state index contributed by atoms with van der Waals surface area (Å²) in [6.07, 6.45) is 0.777. The van der Waals surface area contributed by atoms with Crippen LogP contribution in [0, 0.1) is 0 Å². The molecule has 0 unspecified atom stereocenters. The molecule has 1 aromatic rings. The zero-order chi connectivity index (χ0) is 17.7. The van der Waals surface area contributed by atoms with Crippen LogP contribution < -0.4 is 0 Å². The monoisotopic (exact) mass is 353 g/mol. The Morgan fingerprint density at radius 1 is 1.17 bits per heavy atom. The van der Waals surface area contributed by atoms with E-state index in [0.29, 0.717) is 44.8 Å². The first-order valence-corrected chi connectivity index (χ1v) is 9.46. The van der Waals surface area contributed by atoms with E-state index in [1.807, 2.05) is 0 Å². The van der Waals surface area contributed by atoms with Crippen LogP contribution in [0.25, 0.3) is 0 Å². The van der Waals surface area contributed by atoms with Crippen LogP contribution in [0.5, 0.6) is 0 Å². The number of amides is 2. The quantitative estimate of drug-likeness (QED) is 0.703. The van der Waals surface area contributed by atoms with Gasteiger partial charge in [0.2, 0.25) is 16.4 Å². The smallest absolute Gasteiger partial charge is 0.254 e. The van der Waals surface area contributed by atoms with Crippen molar-refractivity contribution in [2.24, 2.45) is 0 Å². The topological polar surface area (TPSA) is 78.0 Å². The zero-order valence-electron chi connectivity index (χ0n) is 14.0. The Labute approximate surface area is 142 Å². The van der Waals surface area contributed by atoms with Gasteiger partial charge in [0.25, 0.3) is 5.91 Å². The first kappa shape index (κ1) is 18.4. The molecule has 0 saturated carbocycles. The minimum atomic E-state index is -3.59. The SMILES string of the molecule is CCN(CC)S(=O)(=O)c1cccc(C(=O)N2CCN(C=O)CC2)c1. The standard InChI is InChI=1S/C16H23N3O4S/c1-3-19(4-2)24(22,23)15-7-5-6-14(12-15)16(21)18-10-8-17(13-20)9-11-18/h5-7,12-13H,3-4,8-11H2,1-2H3. The lowest BCUT2D eigenvalue weighted by Gasteiger charge is -2.32. The summed E-state index contributed by atoms with van der Waals surface area (Å²) in [5.41, 5.74) is 0.350. The van der Waals surface area contributed by atoms with E-state index in [1.165, 1.54) is 16.4 Å². The van der Waals surface area contributed by atoms with Gasteiger partial charge in [-0.3, -0.25) is 9.59 Å². The Hall–Kier alpha value is -1.93. The summed E-state index contributed by atoms with van der Waals surface area (Å²) in [4.78, 5) is 26.7. The number of hydrogen-bond acceptors (Lipinski definition) is 4. The van der Waals surface area contributed by atoms with Crippen molar-refractivity contribution >= 4 is 22.3 Å². The fraction of sp³-hybridized carbons (Fsp3) is 0.500. The molecule has 132 valence electrons. The van der Waals surface area contributed by atoms with Gasteiger partial charge < -0.3 is 9.80 Å². The van der Waals surface area contributed by atoms with Crippen molar-refractivity contribution in [3.05, 3.63) is 29.8 Å². The van der Waals surface area contributed by atoms with E-state index in [-0.39, 0.29) is 10.8 Å². The number of carbonyl (C=O) groups excluding carboxylic acids is 2. The summed E-state index contributed by atoms with van der Waals surface area (Å²) in [6.45, 7) is 6.20. The average Bonchev–Trinajstić information content (AvgIpc) is 2.62. The van der Waals surface area contributed by atoms with Gasteiger partial charge in [-0.15, -0.1) is 0 Å². The number of carbonyl (C=O) groups is 2. The highest BCUT2D eigenvalue weighted by molar-refractivity contribution is 7.89. The van der Waals surface area contributed by atoms with Crippen LogP contribution in [-0.4, -0.2) is 74.1 Å². The van der Waals surface area contributed by atoms with Gasteiger partial charge in [-0.05, 0) is 18.2 Å². The highest BCUT2D eigenvalue weighted by atomic mass is 32.2. The summed E-state index contributed by atoms with van der Waals surface area (Å²) >= 11 is 0. The number of nitrogens with zero attached hydrogens (tertiary/aromatic N) is 3. The summed E-state index contributed by atoms with van der Waals surface area (Å²) in [6, 6.07) is 6.15. The summed E-state index contributed by atoms with van der Waals surface area (Å²) in [5, 5.41) is 0. The molecule has 1 aliphatic heterocycles. The maximum atomic E-state index is 12.6. The van der Waals surface area contributed by atoms with E-state index in [4.69, 9.17) is 0 Å². The van der Waals surface area contributed by atoms with E-state index >= 15 is 0 Å². The van der Waals surface area contributed by atoms with Gasteiger partial charge in [0.1, 0.15) is 0 Å². The van der Waals surface area contributed by atoms with Crippen LogP contribution in [-0.2, 0) is 14.8 Å². The van der Waals surface area contributed by atoms with E-state index in [1.54, 1.807) is 35.8 Å². The zero-order valence-corrected chi connectivity index (χ0v) is 14.8. The molecular weight excluding hydrogens is 330 g/mol. The fourth-order valence-corrected chi connectivity index (χ4v) is 4.22. The molecule has 7 nitrogen and oxygen atoms in total. The molecule has 24 heavy (non-hydrogen) atoms. The number of benzene rings is 1. The van der Waals surface area contributed by atoms with Gasteiger partial charge >= 0.3 is 0 Å². The molecule has 2 rings (SSSR count). The highest BCUT2D eigenvalue weighted by Crippen LogP contribution is 2.18. The van der Waals surface area contributed by atoms with Gasteiger partial charge in [-0.1, -0.05) is 19.9 Å². The predicted molar refractivity (Wildman–Crippen MR) is 90.1 cm³/mol. The molecule has 2 amide bonds. The lowest BCUT2D eigenvalue weighted by atomic mass is 10.2. The lowest BCUT2D eigenvalue weighted by Crippen LogP contribution is -2.48. The van der Waals surface area contributed by atoms with Gasteiger partial charge in [-0.25, -0.2) is 8.42 Å². The van der Waals surface area contributed by atoms with Crippen LogP contribution >= 0.6 is 0 Å². The van der Waals surface area contributed by atoms with Crippen molar-refractivity contribution in [1.82, 2.24) is 14.1 Å². The molecule has 1 aliphatic rings. The molecular formula is C16H23N3O4S. The van der Waals surface area contributed by atoms with Crippen LogP contribution in [0.2, 0.25) is 0 Å². The van der Waals surface area contributed by atoms with Crippen molar-refractivity contribution in [2.75, 3.05) is 39.3 Å². The highest BCUT2D eigenvalue weighted by Gasteiger charge is 2.25. The third-order valence-electron chi connectivity index (χ3n) is 4.17. The number of rotatable bonds is 6. The number of sulfonamides is 1. The van der Waals surface area contributed by atoms with Crippen molar-refractivity contribution in [3.63, 3.8) is 0 Å². The fourth-order valence-electron chi connectivity index (χ4n) is 2.72. The lowest BCUT2D eigenvalue weighted by molar-refractivity contribution is -0.119. The normalized spacial score (nSPS) is 15.6. The molecule has 0 radical (unpaired) electrons. The Morgan fingerprint density at radius 3 is 2.33 bits per heavy atom. The van der Waals surface area contributed by atoms with Crippen LogP contribution in [0.1, 0.15) is 24.2 Å². The van der Waals surface area contributed by atoms with Crippen molar-refractivity contribution in [3.8, 4) is 0 Å². The summed E-state index contributed by atoms with van der Waals surface area (Å²) in [7, 11) is -3.59. The molecule has 1 aromatic carbocycles. The van der Waals surface area contributed by atoms with Gasteiger partial charge in [0, 0.05) is 44.8 Å². The van der Waals surface area contributed by atoms with Crippen LogP contribution in [0.15, 0.2) is 29.2 Å². The summed E-state index contributed by atoms with van der Waals surface area (Å²) in [5.74, 6) is -0.211. The van der Waals surface area contributed by atoms with E-state index in [0.717, 1.165) is 6.41 Å². The third-order valence-corrected chi connectivity index (χ3v) is 6.22. The van der Waals surface area contributed by atoms with Gasteiger partial charge in [0.15, 0.2) is 0 Å². The first-order valence-electron chi connectivity index (χ1n) is 8.02. The van der Waals surface area contributed by atoms with Gasteiger partial charge in [-0.2, -0.15) is 4.31 Å². The van der Waals surface area contributed by atoms with Crippen LogP contribution in [0.3, 0.4) is 0 Å². The molecule has 1 fully saturated rings. The number of hydrogen-bond donors (Lipinski definition) is 0. The van der Waals surface area contributed by atoms with E-state index in [2.05, 4.69) is 0 Å². The second-order valence-electron chi connectivity index (χ2n) is 5.55. The van der Waals surface area contributed by atoms with Crippen molar-refractivity contribution in [1.29, 1.82) is 0 Å². The molecule has 0 atom stereocenters. The Morgan fingerprint density at radius 2 is 1.79 bits per heavy atom. The predicted octanol–water partition coefficient (Wildman–Crippen LogP) is 0.631. The van der Waals surface area contributed by atoms with E-state index < -0.39 is 10.0 Å². The third kappa shape index (κ3) is 3.76. The second-order valence-corrected chi connectivity index (χ2v) is 7.49. The van der Waals surface area contributed by atoms with Crippen LogP contribution in [0.4, 0.5) is 0 Å². The van der Waals surface area contributed by atoms with Crippen molar-refractivity contribution < 1.29 is 18.0 Å². The Bertz CT molecular complexity index is 693. The maximum Gasteiger partial charge on any atom is 0.254 e. The molecule has 0 aliphatic carbocycles.